The first-order chi connectivity index (χ1) is 11.9. The molecule has 0 aliphatic rings. The Morgan fingerprint density at radius 2 is 1.92 bits per heavy atom. The van der Waals surface area contributed by atoms with E-state index >= 15 is 0 Å². The highest BCUT2D eigenvalue weighted by atomic mass is 19.1. The third-order valence-corrected chi connectivity index (χ3v) is 3.68. The number of amides is 1. The second-order valence-corrected chi connectivity index (χ2v) is 5.76. The van der Waals surface area contributed by atoms with Crippen LogP contribution >= 0.6 is 0 Å². The van der Waals surface area contributed by atoms with Gasteiger partial charge in [-0.1, -0.05) is 31.2 Å². The van der Waals surface area contributed by atoms with Crippen molar-refractivity contribution in [1.29, 1.82) is 0 Å². The van der Waals surface area contributed by atoms with Crippen molar-refractivity contribution < 1.29 is 23.8 Å². The highest BCUT2D eigenvalue weighted by Gasteiger charge is 2.11. The zero-order valence-corrected chi connectivity index (χ0v) is 13.9. The van der Waals surface area contributed by atoms with Gasteiger partial charge < -0.3 is 15.2 Å². The third-order valence-electron chi connectivity index (χ3n) is 3.68. The summed E-state index contributed by atoms with van der Waals surface area (Å²) in [4.78, 5) is 22.6. The topological polar surface area (TPSA) is 75.6 Å². The molecule has 1 atom stereocenters. The molecule has 1 unspecified atom stereocenters. The Hall–Kier alpha value is -2.89. The van der Waals surface area contributed by atoms with Gasteiger partial charge in [0.15, 0.2) is 6.61 Å². The fraction of sp³-hybridized carbons (Fsp3) is 0.263. The number of ether oxygens (including phenoxy) is 1. The summed E-state index contributed by atoms with van der Waals surface area (Å²) in [6, 6.07) is 13.0. The predicted molar refractivity (Wildman–Crippen MR) is 90.9 cm³/mol. The molecule has 0 fully saturated rings. The van der Waals surface area contributed by atoms with E-state index in [0.717, 1.165) is 11.1 Å². The predicted octanol–water partition coefficient (Wildman–Crippen LogP) is 3.10. The molecule has 0 aliphatic carbocycles. The molecule has 2 aromatic rings. The molecule has 0 saturated carbocycles. The molecule has 132 valence electrons. The van der Waals surface area contributed by atoms with Crippen molar-refractivity contribution in [2.45, 2.75) is 25.8 Å². The fourth-order valence-corrected chi connectivity index (χ4v) is 2.35. The summed E-state index contributed by atoms with van der Waals surface area (Å²) in [6.07, 6.45) is 0.292. The van der Waals surface area contributed by atoms with E-state index in [1.54, 1.807) is 30.3 Å². The first-order valence-electron chi connectivity index (χ1n) is 7.89. The Labute approximate surface area is 145 Å². The lowest BCUT2D eigenvalue weighted by Gasteiger charge is -2.12. The lowest BCUT2D eigenvalue weighted by Crippen LogP contribution is -2.24. The molecule has 0 bridgehead atoms. The molecule has 2 rings (SSSR count). The normalized spacial score (nSPS) is 11.6. The van der Waals surface area contributed by atoms with Gasteiger partial charge in [0.05, 0.1) is 0 Å². The number of carbonyl (C=O) groups excluding carboxylic acids is 1. The minimum Gasteiger partial charge on any atom is -0.482 e. The van der Waals surface area contributed by atoms with Crippen LogP contribution in [0.1, 0.15) is 30.4 Å². The van der Waals surface area contributed by atoms with Crippen molar-refractivity contribution in [1.82, 2.24) is 5.32 Å². The zero-order chi connectivity index (χ0) is 18.2. The highest BCUT2D eigenvalue weighted by molar-refractivity contribution is 5.76. The first-order valence-corrected chi connectivity index (χ1v) is 7.89. The minimum absolute atomic E-state index is 0.0224. The van der Waals surface area contributed by atoms with Gasteiger partial charge >= 0.3 is 5.97 Å². The number of hydrogen-bond donors (Lipinski definition) is 2. The Bertz CT molecular complexity index is 730. The van der Waals surface area contributed by atoms with Gasteiger partial charge in [0, 0.05) is 13.0 Å². The number of rotatable bonds is 8. The smallest absolute Gasteiger partial charge is 0.341 e. The number of hydrogen-bond acceptors (Lipinski definition) is 3. The Morgan fingerprint density at radius 1 is 1.20 bits per heavy atom. The molecule has 1 amide bonds. The standard InChI is InChI=1S/C19H20FNO4/c1-13(15-5-7-16(20)8-6-15)9-18(22)21-11-14-3-2-4-17(10-14)25-12-19(23)24/h2-8,10,13H,9,11-12H2,1H3,(H,21,22)(H,23,24). The molecule has 2 aromatic carbocycles. The van der Waals surface area contributed by atoms with Gasteiger partial charge in [-0.15, -0.1) is 0 Å². The molecule has 0 aliphatic heterocycles. The largest absolute Gasteiger partial charge is 0.482 e. The summed E-state index contributed by atoms with van der Waals surface area (Å²) in [7, 11) is 0. The van der Waals surface area contributed by atoms with E-state index in [9.17, 15) is 14.0 Å². The summed E-state index contributed by atoms with van der Waals surface area (Å²) >= 11 is 0. The van der Waals surface area contributed by atoms with Crippen LogP contribution in [-0.4, -0.2) is 23.6 Å². The van der Waals surface area contributed by atoms with Crippen LogP contribution in [0.4, 0.5) is 4.39 Å². The van der Waals surface area contributed by atoms with Gasteiger partial charge in [-0.25, -0.2) is 9.18 Å². The van der Waals surface area contributed by atoms with E-state index in [0.29, 0.717) is 18.7 Å². The average Bonchev–Trinajstić information content (AvgIpc) is 2.59. The van der Waals surface area contributed by atoms with Crippen molar-refractivity contribution in [2.75, 3.05) is 6.61 Å². The van der Waals surface area contributed by atoms with Gasteiger partial charge in [-0.2, -0.15) is 0 Å². The summed E-state index contributed by atoms with van der Waals surface area (Å²) in [6.45, 7) is 1.82. The van der Waals surface area contributed by atoms with Gasteiger partial charge in [-0.3, -0.25) is 4.79 Å². The molecule has 2 N–H and O–H groups in total. The van der Waals surface area contributed by atoms with Crippen molar-refractivity contribution in [3.8, 4) is 5.75 Å². The van der Waals surface area contributed by atoms with E-state index in [-0.39, 0.29) is 17.6 Å². The maximum atomic E-state index is 12.9. The average molecular weight is 345 g/mol. The van der Waals surface area contributed by atoms with Gasteiger partial charge in [0.25, 0.3) is 0 Å². The van der Waals surface area contributed by atoms with Crippen LogP contribution in [0.2, 0.25) is 0 Å². The van der Waals surface area contributed by atoms with Crippen molar-refractivity contribution in [2.24, 2.45) is 0 Å². The fourth-order valence-electron chi connectivity index (χ4n) is 2.35. The van der Waals surface area contributed by atoms with Crippen molar-refractivity contribution >= 4 is 11.9 Å². The van der Waals surface area contributed by atoms with E-state index < -0.39 is 12.6 Å². The van der Waals surface area contributed by atoms with Crippen LogP contribution < -0.4 is 10.1 Å². The van der Waals surface area contributed by atoms with Crippen LogP contribution in [-0.2, 0) is 16.1 Å². The number of carboxylic acid groups (broad SMARTS) is 1. The Kier molecular flexibility index (Phi) is 6.51. The number of carboxylic acids is 1. The number of aliphatic carboxylic acids is 1. The number of nitrogens with one attached hydrogen (secondary N) is 1. The molecular weight excluding hydrogens is 325 g/mol. The third kappa shape index (κ3) is 6.25. The molecule has 5 nitrogen and oxygen atoms in total. The SMILES string of the molecule is CC(CC(=O)NCc1cccc(OCC(=O)O)c1)c1ccc(F)cc1. The summed E-state index contributed by atoms with van der Waals surface area (Å²) < 4.78 is 18.0. The van der Waals surface area contributed by atoms with Crippen LogP contribution in [0, 0.1) is 5.82 Å². The van der Waals surface area contributed by atoms with Gasteiger partial charge in [0.2, 0.25) is 5.91 Å². The van der Waals surface area contributed by atoms with Crippen LogP contribution in [0.15, 0.2) is 48.5 Å². The lowest BCUT2D eigenvalue weighted by molar-refractivity contribution is -0.139. The molecule has 0 aromatic heterocycles. The summed E-state index contributed by atoms with van der Waals surface area (Å²) in [5.74, 6) is -1.05. The molecular formula is C19H20FNO4. The van der Waals surface area contributed by atoms with Crippen molar-refractivity contribution in [3.05, 3.63) is 65.5 Å². The van der Waals surface area contributed by atoms with E-state index in [4.69, 9.17) is 9.84 Å². The molecule has 6 heteroatoms. The maximum absolute atomic E-state index is 12.9. The zero-order valence-electron chi connectivity index (χ0n) is 13.9. The first kappa shape index (κ1) is 18.4. The Balaban J connectivity index is 1.84. The van der Waals surface area contributed by atoms with E-state index in [1.165, 1.54) is 12.1 Å². The summed E-state index contributed by atoms with van der Waals surface area (Å²) in [5, 5.41) is 11.4. The highest BCUT2D eigenvalue weighted by Crippen LogP contribution is 2.19. The molecule has 0 spiro atoms. The van der Waals surface area contributed by atoms with Gasteiger partial charge in [0.1, 0.15) is 11.6 Å². The molecule has 25 heavy (non-hydrogen) atoms. The van der Waals surface area contributed by atoms with Crippen LogP contribution in [0.3, 0.4) is 0 Å². The van der Waals surface area contributed by atoms with Crippen LogP contribution in [0.5, 0.6) is 5.75 Å². The minimum atomic E-state index is -1.05. The Morgan fingerprint density at radius 3 is 2.60 bits per heavy atom. The maximum Gasteiger partial charge on any atom is 0.341 e. The second kappa shape index (κ2) is 8.82. The number of benzene rings is 2. The summed E-state index contributed by atoms with van der Waals surface area (Å²) in [5.41, 5.74) is 1.71. The van der Waals surface area contributed by atoms with Crippen molar-refractivity contribution in [3.63, 3.8) is 0 Å². The number of halogens is 1. The lowest BCUT2D eigenvalue weighted by atomic mass is 9.97. The molecule has 0 radical (unpaired) electrons. The van der Waals surface area contributed by atoms with E-state index in [1.807, 2.05) is 13.0 Å². The monoisotopic (exact) mass is 345 g/mol. The molecule has 0 saturated heterocycles. The molecule has 0 heterocycles. The second-order valence-electron chi connectivity index (χ2n) is 5.76. The number of carbonyl (C=O) groups is 2. The van der Waals surface area contributed by atoms with E-state index in [2.05, 4.69) is 5.32 Å². The quantitative estimate of drug-likeness (QED) is 0.771. The van der Waals surface area contributed by atoms with Gasteiger partial charge in [-0.05, 0) is 41.3 Å². The van der Waals surface area contributed by atoms with Crippen LogP contribution in [0.25, 0.3) is 0 Å².